The summed E-state index contributed by atoms with van der Waals surface area (Å²) in [6.07, 6.45) is 7.10. The van der Waals surface area contributed by atoms with Gasteiger partial charge in [-0.15, -0.1) is 0 Å². The van der Waals surface area contributed by atoms with Crippen LogP contribution in [0.3, 0.4) is 0 Å². The van der Waals surface area contributed by atoms with E-state index in [9.17, 15) is 4.79 Å². The molecule has 3 fully saturated rings. The van der Waals surface area contributed by atoms with Gasteiger partial charge in [-0.2, -0.15) is 0 Å². The summed E-state index contributed by atoms with van der Waals surface area (Å²) in [5.74, 6) is 0.813. The van der Waals surface area contributed by atoms with Crippen molar-refractivity contribution in [1.82, 2.24) is 15.1 Å². The van der Waals surface area contributed by atoms with Gasteiger partial charge < -0.3 is 15.1 Å². The Labute approximate surface area is 129 Å². The van der Waals surface area contributed by atoms with Crippen LogP contribution in [-0.4, -0.2) is 60.0 Å². The SMILES string of the molecule is CC(C)N1CCC(NC2CCN(C(=O)C3CC3)CC2)CC1. The molecular weight excluding hydrogens is 262 g/mol. The summed E-state index contributed by atoms with van der Waals surface area (Å²) in [5.41, 5.74) is 0. The van der Waals surface area contributed by atoms with Crippen molar-refractivity contribution in [3.05, 3.63) is 0 Å². The van der Waals surface area contributed by atoms with Crippen LogP contribution in [0.5, 0.6) is 0 Å². The van der Waals surface area contributed by atoms with Crippen LogP contribution >= 0.6 is 0 Å². The lowest BCUT2D eigenvalue weighted by Crippen LogP contribution is -2.51. The molecule has 4 heteroatoms. The lowest BCUT2D eigenvalue weighted by Gasteiger charge is -2.39. The zero-order valence-corrected chi connectivity index (χ0v) is 13.7. The minimum absolute atomic E-state index is 0.384. The lowest BCUT2D eigenvalue weighted by atomic mass is 9.98. The number of likely N-dealkylation sites (tertiary alicyclic amines) is 2. The molecule has 21 heavy (non-hydrogen) atoms. The summed E-state index contributed by atoms with van der Waals surface area (Å²) in [6.45, 7) is 8.99. The molecule has 1 N–H and O–H groups in total. The topological polar surface area (TPSA) is 35.6 Å². The predicted molar refractivity (Wildman–Crippen MR) is 85.2 cm³/mol. The van der Waals surface area contributed by atoms with Crippen molar-refractivity contribution in [3.63, 3.8) is 0 Å². The van der Waals surface area contributed by atoms with E-state index >= 15 is 0 Å². The Hall–Kier alpha value is -0.610. The van der Waals surface area contributed by atoms with Gasteiger partial charge in [-0.3, -0.25) is 4.79 Å². The number of nitrogens with one attached hydrogen (secondary N) is 1. The molecule has 0 aromatic heterocycles. The Morgan fingerprint density at radius 2 is 1.43 bits per heavy atom. The highest BCUT2D eigenvalue weighted by molar-refractivity contribution is 5.81. The van der Waals surface area contributed by atoms with E-state index in [1.165, 1.54) is 25.9 Å². The first-order valence-electron chi connectivity index (χ1n) is 8.92. The number of carbonyl (C=O) groups is 1. The Balaban J connectivity index is 1.37. The number of piperidine rings is 2. The van der Waals surface area contributed by atoms with Crippen LogP contribution in [0.25, 0.3) is 0 Å². The fraction of sp³-hybridized carbons (Fsp3) is 0.941. The molecule has 2 heterocycles. The van der Waals surface area contributed by atoms with E-state index < -0.39 is 0 Å². The largest absolute Gasteiger partial charge is 0.342 e. The molecule has 1 saturated carbocycles. The van der Waals surface area contributed by atoms with Gasteiger partial charge >= 0.3 is 0 Å². The maximum atomic E-state index is 12.1. The number of amides is 1. The maximum Gasteiger partial charge on any atom is 0.225 e. The van der Waals surface area contributed by atoms with Crippen LogP contribution < -0.4 is 5.32 Å². The average molecular weight is 293 g/mol. The van der Waals surface area contributed by atoms with Crippen LogP contribution in [0.1, 0.15) is 52.4 Å². The summed E-state index contributed by atoms with van der Waals surface area (Å²) in [4.78, 5) is 16.7. The highest BCUT2D eigenvalue weighted by Crippen LogP contribution is 2.32. The molecule has 0 spiro atoms. The number of hydrogen-bond acceptors (Lipinski definition) is 3. The van der Waals surface area contributed by atoms with Gasteiger partial charge in [0.2, 0.25) is 5.91 Å². The number of hydrogen-bond donors (Lipinski definition) is 1. The van der Waals surface area contributed by atoms with Crippen LogP contribution in [0.4, 0.5) is 0 Å². The number of rotatable bonds is 4. The van der Waals surface area contributed by atoms with E-state index in [4.69, 9.17) is 0 Å². The summed E-state index contributed by atoms with van der Waals surface area (Å²) < 4.78 is 0. The molecule has 2 saturated heterocycles. The third-order valence-corrected chi connectivity index (χ3v) is 5.46. The molecule has 0 aromatic carbocycles. The molecule has 1 aliphatic carbocycles. The summed E-state index contributed by atoms with van der Waals surface area (Å²) in [5, 5.41) is 3.86. The molecule has 1 amide bonds. The zero-order chi connectivity index (χ0) is 14.8. The third kappa shape index (κ3) is 3.98. The normalized spacial score (nSPS) is 26.5. The first-order valence-corrected chi connectivity index (χ1v) is 8.92. The van der Waals surface area contributed by atoms with E-state index in [-0.39, 0.29) is 0 Å². The molecule has 2 aliphatic heterocycles. The summed E-state index contributed by atoms with van der Waals surface area (Å²) >= 11 is 0. The van der Waals surface area contributed by atoms with Crippen LogP contribution in [-0.2, 0) is 4.79 Å². The predicted octanol–water partition coefficient (Wildman–Crippen LogP) is 1.85. The van der Waals surface area contributed by atoms with Gasteiger partial charge in [0.25, 0.3) is 0 Å². The van der Waals surface area contributed by atoms with Gasteiger partial charge in [0.05, 0.1) is 0 Å². The van der Waals surface area contributed by atoms with Gasteiger partial charge in [-0.1, -0.05) is 0 Å². The fourth-order valence-electron chi connectivity index (χ4n) is 3.77. The van der Waals surface area contributed by atoms with Gasteiger partial charge in [-0.25, -0.2) is 0 Å². The highest BCUT2D eigenvalue weighted by atomic mass is 16.2. The molecular formula is C17H31N3O. The zero-order valence-electron chi connectivity index (χ0n) is 13.7. The molecule has 4 nitrogen and oxygen atoms in total. The number of carbonyl (C=O) groups excluding carboxylic acids is 1. The van der Waals surface area contributed by atoms with E-state index in [2.05, 4.69) is 29.0 Å². The van der Waals surface area contributed by atoms with E-state index in [0.717, 1.165) is 38.8 Å². The average Bonchev–Trinajstić information content (AvgIpc) is 3.32. The van der Waals surface area contributed by atoms with Crippen molar-refractivity contribution in [2.75, 3.05) is 26.2 Å². The Morgan fingerprint density at radius 3 is 1.90 bits per heavy atom. The number of nitrogens with zero attached hydrogens (tertiary/aromatic N) is 2. The summed E-state index contributed by atoms with van der Waals surface area (Å²) in [7, 11) is 0. The smallest absolute Gasteiger partial charge is 0.225 e. The first kappa shape index (κ1) is 15.3. The second kappa shape index (κ2) is 6.66. The second-order valence-corrected chi connectivity index (χ2v) is 7.44. The van der Waals surface area contributed by atoms with E-state index in [1.807, 2.05) is 0 Å². The molecule has 0 unspecified atom stereocenters. The molecule has 3 aliphatic rings. The highest BCUT2D eigenvalue weighted by Gasteiger charge is 2.35. The van der Waals surface area contributed by atoms with Gasteiger partial charge in [0.1, 0.15) is 0 Å². The maximum absolute atomic E-state index is 12.1. The van der Waals surface area contributed by atoms with Crippen molar-refractivity contribution in [1.29, 1.82) is 0 Å². The molecule has 0 radical (unpaired) electrons. The first-order chi connectivity index (χ1) is 10.1. The molecule has 120 valence electrons. The third-order valence-electron chi connectivity index (χ3n) is 5.46. The monoisotopic (exact) mass is 293 g/mol. The van der Waals surface area contributed by atoms with Crippen molar-refractivity contribution < 1.29 is 4.79 Å². The Kier molecular flexibility index (Phi) is 4.85. The van der Waals surface area contributed by atoms with Crippen molar-refractivity contribution in [2.45, 2.75) is 70.5 Å². The van der Waals surface area contributed by atoms with E-state index in [0.29, 0.717) is 30.0 Å². The Morgan fingerprint density at radius 1 is 0.905 bits per heavy atom. The van der Waals surface area contributed by atoms with Crippen molar-refractivity contribution in [2.24, 2.45) is 5.92 Å². The second-order valence-electron chi connectivity index (χ2n) is 7.44. The van der Waals surface area contributed by atoms with Crippen LogP contribution in [0.2, 0.25) is 0 Å². The summed E-state index contributed by atoms with van der Waals surface area (Å²) in [6, 6.07) is 2.00. The minimum Gasteiger partial charge on any atom is -0.342 e. The quantitative estimate of drug-likeness (QED) is 0.859. The molecule has 0 atom stereocenters. The van der Waals surface area contributed by atoms with Gasteiger partial charge in [0.15, 0.2) is 0 Å². The molecule has 0 bridgehead atoms. The Bertz CT molecular complexity index is 351. The van der Waals surface area contributed by atoms with Crippen LogP contribution in [0, 0.1) is 5.92 Å². The fourth-order valence-corrected chi connectivity index (χ4v) is 3.77. The van der Waals surface area contributed by atoms with Crippen molar-refractivity contribution >= 4 is 5.91 Å². The standard InChI is InChI=1S/C17H31N3O/c1-13(2)19-9-5-15(6-10-19)18-16-7-11-20(12-8-16)17(21)14-3-4-14/h13-16,18H,3-12H2,1-2H3. The minimum atomic E-state index is 0.384. The van der Waals surface area contributed by atoms with Gasteiger partial charge in [0, 0.05) is 37.1 Å². The van der Waals surface area contributed by atoms with Crippen LogP contribution in [0.15, 0.2) is 0 Å². The van der Waals surface area contributed by atoms with E-state index in [1.54, 1.807) is 0 Å². The van der Waals surface area contributed by atoms with Crippen molar-refractivity contribution in [3.8, 4) is 0 Å². The lowest BCUT2D eigenvalue weighted by molar-refractivity contribution is -0.133. The molecule has 0 aromatic rings. The molecule has 3 rings (SSSR count). The van der Waals surface area contributed by atoms with Gasteiger partial charge in [-0.05, 0) is 65.5 Å².